The highest BCUT2D eigenvalue weighted by Gasteiger charge is 2.42. The molecule has 0 aliphatic carbocycles. The zero-order chi connectivity index (χ0) is 25.0. The van der Waals surface area contributed by atoms with Crippen LogP contribution in [0.2, 0.25) is 0 Å². The summed E-state index contributed by atoms with van der Waals surface area (Å²) >= 11 is 0. The zero-order valence-corrected chi connectivity index (χ0v) is 21.1. The van der Waals surface area contributed by atoms with E-state index in [0.717, 1.165) is 36.9 Å². The number of likely N-dealkylation sites (tertiary alicyclic amines) is 1. The lowest BCUT2D eigenvalue weighted by Gasteiger charge is -2.43. The molecule has 1 fully saturated rings. The van der Waals surface area contributed by atoms with Crippen LogP contribution in [0.3, 0.4) is 0 Å². The Bertz CT molecular complexity index is 904. The maximum Gasteiger partial charge on any atom is 0.411 e. The van der Waals surface area contributed by atoms with E-state index in [1.165, 1.54) is 0 Å². The number of unbranched alkanes of at least 4 members (excludes halogenated alkanes) is 1. The van der Waals surface area contributed by atoms with Crippen molar-refractivity contribution in [2.24, 2.45) is 0 Å². The van der Waals surface area contributed by atoms with E-state index in [-0.39, 0.29) is 18.6 Å². The number of carbonyl (C=O) groups is 2. The van der Waals surface area contributed by atoms with Crippen molar-refractivity contribution in [2.45, 2.75) is 70.4 Å². The number of piperidine rings is 1. The van der Waals surface area contributed by atoms with Crippen molar-refractivity contribution in [2.75, 3.05) is 25.7 Å². The molecule has 3 rings (SSSR count). The van der Waals surface area contributed by atoms with Gasteiger partial charge in [-0.25, -0.2) is 4.79 Å². The molecule has 0 N–H and O–H groups in total. The summed E-state index contributed by atoms with van der Waals surface area (Å²) in [5, 5.41) is 0. The Kier molecular flexibility index (Phi) is 10.6. The lowest BCUT2D eigenvalue weighted by atomic mass is 9.92. The molecule has 0 spiro atoms. The fourth-order valence-electron chi connectivity index (χ4n) is 4.60. The SMILES string of the molecule is CCCCN(C(=O)C1CCCC(CC(OC)OC)N1C(=O)OCc1ccccc1)c1ccccc1. The van der Waals surface area contributed by atoms with Crippen LogP contribution in [0.15, 0.2) is 60.7 Å². The Labute approximate surface area is 209 Å². The maximum absolute atomic E-state index is 14.0. The van der Waals surface area contributed by atoms with Crippen molar-refractivity contribution in [3.05, 3.63) is 66.2 Å². The van der Waals surface area contributed by atoms with Crippen molar-refractivity contribution in [1.82, 2.24) is 4.90 Å². The number of anilines is 1. The number of hydrogen-bond acceptors (Lipinski definition) is 5. The third-order valence-electron chi connectivity index (χ3n) is 6.50. The minimum absolute atomic E-state index is 0.0719. The van der Waals surface area contributed by atoms with Crippen LogP contribution in [0, 0.1) is 0 Å². The predicted octanol–water partition coefficient (Wildman–Crippen LogP) is 5.39. The Hall–Kier alpha value is -2.90. The number of ether oxygens (including phenoxy) is 3. The standard InChI is InChI=1S/C28H38N2O5/c1-4-5-19-29(23-15-10-7-11-16-23)27(31)25-18-12-17-24(20-26(33-2)34-3)30(25)28(32)35-21-22-13-8-6-9-14-22/h6-11,13-16,24-26H,4-5,12,17-21H2,1-3H3. The number of nitrogens with zero attached hydrogens (tertiary/aromatic N) is 2. The fraction of sp³-hybridized carbons (Fsp3) is 0.500. The van der Waals surface area contributed by atoms with Gasteiger partial charge >= 0.3 is 6.09 Å². The zero-order valence-electron chi connectivity index (χ0n) is 21.1. The smallest absolute Gasteiger partial charge is 0.411 e. The average Bonchev–Trinajstić information content (AvgIpc) is 2.91. The molecular formula is C28H38N2O5. The first-order valence-corrected chi connectivity index (χ1v) is 12.5. The van der Waals surface area contributed by atoms with E-state index >= 15 is 0 Å². The van der Waals surface area contributed by atoms with Crippen molar-refractivity contribution in [1.29, 1.82) is 0 Å². The molecule has 2 unspecified atom stereocenters. The molecule has 2 aromatic rings. The van der Waals surface area contributed by atoms with Crippen LogP contribution in [-0.4, -0.2) is 56.0 Å². The van der Waals surface area contributed by atoms with E-state index in [1.54, 1.807) is 19.1 Å². The number of rotatable bonds is 11. The van der Waals surface area contributed by atoms with Gasteiger partial charge in [0.25, 0.3) is 0 Å². The number of methoxy groups -OCH3 is 2. The molecule has 7 heteroatoms. The van der Waals surface area contributed by atoms with Crippen molar-refractivity contribution < 1.29 is 23.8 Å². The highest BCUT2D eigenvalue weighted by atomic mass is 16.7. The Morgan fingerprint density at radius 1 is 1.00 bits per heavy atom. The molecule has 0 bridgehead atoms. The van der Waals surface area contributed by atoms with Crippen LogP contribution >= 0.6 is 0 Å². The van der Waals surface area contributed by atoms with E-state index in [0.29, 0.717) is 19.4 Å². The molecule has 7 nitrogen and oxygen atoms in total. The largest absolute Gasteiger partial charge is 0.445 e. The number of benzene rings is 2. The quantitative estimate of drug-likeness (QED) is 0.402. The molecule has 2 atom stereocenters. The number of carbonyl (C=O) groups excluding carboxylic acids is 2. The first kappa shape index (κ1) is 26.7. The highest BCUT2D eigenvalue weighted by Crippen LogP contribution is 2.30. The summed E-state index contributed by atoms with van der Waals surface area (Å²) in [6.07, 6.45) is 3.55. The molecule has 0 aromatic heterocycles. The van der Waals surface area contributed by atoms with Gasteiger partial charge in [-0.3, -0.25) is 9.69 Å². The lowest BCUT2D eigenvalue weighted by molar-refractivity contribution is -0.133. The van der Waals surface area contributed by atoms with E-state index in [4.69, 9.17) is 14.2 Å². The summed E-state index contributed by atoms with van der Waals surface area (Å²) < 4.78 is 16.6. The summed E-state index contributed by atoms with van der Waals surface area (Å²) in [5.41, 5.74) is 1.75. The second-order valence-electron chi connectivity index (χ2n) is 8.86. The van der Waals surface area contributed by atoms with Gasteiger partial charge in [0.2, 0.25) is 5.91 Å². The second-order valence-corrected chi connectivity index (χ2v) is 8.86. The third-order valence-corrected chi connectivity index (χ3v) is 6.50. The molecule has 0 saturated carbocycles. The van der Waals surface area contributed by atoms with Gasteiger partial charge in [0.15, 0.2) is 6.29 Å². The molecular weight excluding hydrogens is 444 g/mol. The van der Waals surface area contributed by atoms with Gasteiger partial charge in [-0.1, -0.05) is 61.9 Å². The first-order chi connectivity index (χ1) is 17.1. The monoisotopic (exact) mass is 482 g/mol. The molecule has 35 heavy (non-hydrogen) atoms. The van der Waals surface area contributed by atoms with Gasteiger partial charge in [0.05, 0.1) is 0 Å². The van der Waals surface area contributed by atoms with Crippen LogP contribution < -0.4 is 4.90 Å². The van der Waals surface area contributed by atoms with Gasteiger partial charge in [0.1, 0.15) is 12.6 Å². The van der Waals surface area contributed by atoms with E-state index in [1.807, 2.05) is 65.6 Å². The van der Waals surface area contributed by atoms with Crippen LogP contribution in [0.5, 0.6) is 0 Å². The average molecular weight is 483 g/mol. The predicted molar refractivity (Wildman–Crippen MR) is 136 cm³/mol. The molecule has 1 aliphatic heterocycles. The number of amides is 2. The number of para-hydroxylation sites is 1. The third kappa shape index (κ3) is 7.29. The molecule has 2 amide bonds. The van der Waals surface area contributed by atoms with Crippen LogP contribution in [-0.2, 0) is 25.6 Å². The van der Waals surface area contributed by atoms with E-state index < -0.39 is 18.4 Å². The van der Waals surface area contributed by atoms with Crippen molar-refractivity contribution >= 4 is 17.7 Å². The minimum atomic E-state index is -0.608. The van der Waals surface area contributed by atoms with Crippen molar-refractivity contribution in [3.63, 3.8) is 0 Å². The Morgan fingerprint density at radius 2 is 1.66 bits per heavy atom. The van der Waals surface area contributed by atoms with Crippen molar-refractivity contribution in [3.8, 4) is 0 Å². The summed E-state index contributed by atoms with van der Waals surface area (Å²) in [6, 6.07) is 18.4. The van der Waals surface area contributed by atoms with Gasteiger partial charge < -0.3 is 19.1 Å². The van der Waals surface area contributed by atoms with Gasteiger partial charge in [-0.05, 0) is 43.4 Å². The van der Waals surface area contributed by atoms with E-state index in [2.05, 4.69) is 6.92 Å². The maximum atomic E-state index is 14.0. The summed E-state index contributed by atoms with van der Waals surface area (Å²) in [6.45, 7) is 2.86. The molecule has 1 heterocycles. The topological polar surface area (TPSA) is 68.3 Å². The molecule has 0 radical (unpaired) electrons. The minimum Gasteiger partial charge on any atom is -0.445 e. The van der Waals surface area contributed by atoms with Crippen LogP contribution in [0.1, 0.15) is 51.0 Å². The first-order valence-electron chi connectivity index (χ1n) is 12.5. The van der Waals surface area contributed by atoms with Gasteiger partial charge in [0, 0.05) is 38.9 Å². The normalized spacial score (nSPS) is 17.9. The molecule has 190 valence electrons. The van der Waals surface area contributed by atoms with Crippen LogP contribution in [0.25, 0.3) is 0 Å². The number of hydrogen-bond donors (Lipinski definition) is 0. The summed E-state index contributed by atoms with van der Waals surface area (Å²) in [5.74, 6) is -0.0719. The van der Waals surface area contributed by atoms with E-state index in [9.17, 15) is 9.59 Å². The summed E-state index contributed by atoms with van der Waals surface area (Å²) in [4.78, 5) is 30.9. The molecule has 1 aliphatic rings. The summed E-state index contributed by atoms with van der Waals surface area (Å²) in [7, 11) is 3.17. The lowest BCUT2D eigenvalue weighted by Crippen LogP contribution is -2.58. The Balaban J connectivity index is 1.87. The fourth-order valence-corrected chi connectivity index (χ4v) is 4.60. The second kappa shape index (κ2) is 13.9. The molecule has 2 aromatic carbocycles. The van der Waals surface area contributed by atoms with Gasteiger partial charge in [-0.2, -0.15) is 0 Å². The molecule has 1 saturated heterocycles. The Morgan fingerprint density at radius 3 is 2.29 bits per heavy atom. The van der Waals surface area contributed by atoms with Crippen LogP contribution in [0.4, 0.5) is 10.5 Å². The van der Waals surface area contributed by atoms with Gasteiger partial charge in [-0.15, -0.1) is 0 Å². The highest BCUT2D eigenvalue weighted by molar-refractivity contribution is 5.98.